The molecule has 29 heavy (non-hydrogen) atoms. The van der Waals surface area contributed by atoms with Crippen molar-refractivity contribution >= 4 is 28.4 Å². The van der Waals surface area contributed by atoms with Gasteiger partial charge in [-0.25, -0.2) is 23.7 Å². The van der Waals surface area contributed by atoms with Crippen molar-refractivity contribution in [2.24, 2.45) is 13.0 Å². The van der Waals surface area contributed by atoms with Gasteiger partial charge in [-0.15, -0.1) is 0 Å². The highest BCUT2D eigenvalue weighted by molar-refractivity contribution is 5.73. The molecule has 4 aromatic heterocycles. The Labute approximate surface area is 164 Å². The van der Waals surface area contributed by atoms with E-state index in [1.807, 2.05) is 19.2 Å². The van der Waals surface area contributed by atoms with Gasteiger partial charge in [-0.3, -0.25) is 9.13 Å². The molecule has 0 radical (unpaired) electrons. The summed E-state index contributed by atoms with van der Waals surface area (Å²) in [6.07, 6.45) is 6.40. The van der Waals surface area contributed by atoms with E-state index in [1.165, 1.54) is 10.9 Å². The maximum absolute atomic E-state index is 14.5. The van der Waals surface area contributed by atoms with Crippen molar-refractivity contribution in [3.05, 3.63) is 40.8 Å². The van der Waals surface area contributed by atoms with Gasteiger partial charge < -0.3 is 5.32 Å². The highest BCUT2D eigenvalue weighted by Crippen LogP contribution is 2.59. The summed E-state index contributed by atoms with van der Waals surface area (Å²) in [5, 5.41) is 7.37. The normalized spacial score (nSPS) is 25.6. The van der Waals surface area contributed by atoms with Crippen LogP contribution in [0.4, 0.5) is 16.0 Å². The van der Waals surface area contributed by atoms with Crippen LogP contribution in [-0.4, -0.2) is 39.4 Å². The third-order valence-corrected chi connectivity index (χ3v) is 6.41. The molecule has 4 heterocycles. The third-order valence-electron chi connectivity index (χ3n) is 6.41. The van der Waals surface area contributed by atoms with E-state index in [9.17, 15) is 9.18 Å². The second kappa shape index (κ2) is 5.40. The Hall–Kier alpha value is -3.30. The molecule has 0 unspecified atom stereocenters. The maximum atomic E-state index is 14.5. The number of anilines is 2. The van der Waals surface area contributed by atoms with Gasteiger partial charge in [0.2, 0.25) is 5.95 Å². The van der Waals surface area contributed by atoms with E-state index in [2.05, 4.69) is 25.4 Å². The summed E-state index contributed by atoms with van der Waals surface area (Å²) in [7, 11) is 1.70. The van der Waals surface area contributed by atoms with E-state index in [0.29, 0.717) is 36.4 Å². The van der Waals surface area contributed by atoms with Crippen LogP contribution in [-0.2, 0) is 7.05 Å². The summed E-state index contributed by atoms with van der Waals surface area (Å²) >= 11 is 0. The van der Waals surface area contributed by atoms with Crippen LogP contribution in [0, 0.1) is 12.8 Å². The monoisotopic (exact) mass is 394 g/mol. The molecule has 148 valence electrons. The molecule has 9 nitrogen and oxygen atoms in total. The highest BCUT2D eigenvalue weighted by atomic mass is 19.1. The number of halogens is 1. The third kappa shape index (κ3) is 2.28. The first-order chi connectivity index (χ1) is 13.9. The van der Waals surface area contributed by atoms with E-state index < -0.39 is 5.67 Å². The molecule has 7 rings (SSSR count). The lowest BCUT2D eigenvalue weighted by atomic mass is 9.81. The molecule has 4 aromatic rings. The number of aryl methyl sites for hydroxylation is 2. The largest absolute Gasteiger partial charge is 0.330 e. The lowest BCUT2D eigenvalue weighted by Gasteiger charge is -2.30. The number of rotatable bonds is 3. The van der Waals surface area contributed by atoms with Gasteiger partial charge in [0.05, 0.1) is 18.1 Å². The van der Waals surface area contributed by atoms with Gasteiger partial charge in [-0.2, -0.15) is 10.1 Å². The number of hydrogen-bond acceptors (Lipinski definition) is 6. The average Bonchev–Trinajstić information content (AvgIpc) is 3.38. The van der Waals surface area contributed by atoms with E-state index in [0.717, 1.165) is 16.9 Å². The molecule has 0 amide bonds. The molecule has 0 spiro atoms. The minimum absolute atomic E-state index is 0.146. The molecular weight excluding hydrogens is 375 g/mol. The summed E-state index contributed by atoms with van der Waals surface area (Å²) in [4.78, 5) is 26.1. The van der Waals surface area contributed by atoms with Crippen molar-refractivity contribution in [2.45, 2.75) is 37.9 Å². The van der Waals surface area contributed by atoms with Crippen molar-refractivity contribution in [1.82, 2.24) is 33.7 Å². The Morgan fingerprint density at radius 3 is 2.86 bits per heavy atom. The van der Waals surface area contributed by atoms with Gasteiger partial charge in [0.15, 0.2) is 11.3 Å². The van der Waals surface area contributed by atoms with Crippen molar-refractivity contribution in [3.8, 4) is 0 Å². The van der Waals surface area contributed by atoms with Crippen molar-refractivity contribution in [1.29, 1.82) is 0 Å². The molecule has 1 N–H and O–H groups in total. The second-order valence-electron chi connectivity index (χ2n) is 8.26. The topological polar surface area (TPSA) is 94.9 Å². The molecular formula is C19H19FN8O. The lowest BCUT2D eigenvalue weighted by Crippen LogP contribution is -2.31. The van der Waals surface area contributed by atoms with Gasteiger partial charge in [0.1, 0.15) is 17.5 Å². The number of imidazole rings is 1. The van der Waals surface area contributed by atoms with Crippen LogP contribution in [0.15, 0.2) is 29.6 Å². The summed E-state index contributed by atoms with van der Waals surface area (Å²) in [5.41, 5.74) is 2.40. The molecule has 0 saturated heterocycles. The molecule has 3 aliphatic rings. The number of aromatic nitrogens is 7. The smallest absolute Gasteiger partial charge is 0.323 e. The van der Waals surface area contributed by atoms with Crippen molar-refractivity contribution in [2.75, 3.05) is 5.32 Å². The molecule has 3 fully saturated rings. The second-order valence-corrected chi connectivity index (χ2v) is 8.26. The van der Waals surface area contributed by atoms with Gasteiger partial charge in [-0.05, 0) is 37.3 Å². The fourth-order valence-electron chi connectivity index (χ4n) is 4.87. The predicted molar refractivity (Wildman–Crippen MR) is 104 cm³/mol. The van der Waals surface area contributed by atoms with Gasteiger partial charge in [0, 0.05) is 19.5 Å². The zero-order valence-electron chi connectivity index (χ0n) is 16.0. The van der Waals surface area contributed by atoms with Crippen molar-refractivity contribution in [3.63, 3.8) is 0 Å². The van der Waals surface area contributed by atoms with Gasteiger partial charge in [0.25, 0.3) is 0 Å². The van der Waals surface area contributed by atoms with Crippen LogP contribution in [0.1, 0.15) is 30.9 Å². The standard InChI is InChI=1S/C19H19FN8O/c1-10-3-15-22-9-23-27(15)8-12(10)24-17-21-7-14-16(25-17)28(18(29)26(14)2)13-6-19(20)4-11(13)5-19/h3,7-9,11,13H,4-6H2,1-2H3,(H,21,24,25)/t11?,13-,19?/m1/s1. The SMILES string of the molecule is Cc1cc2ncnn2cc1Nc1ncc2c(n1)n([C@@H]1CC3(F)CC1C3)c(=O)n2C. The number of fused-ring (bicyclic) bond motifs is 3. The fourth-order valence-corrected chi connectivity index (χ4v) is 4.87. The summed E-state index contributed by atoms with van der Waals surface area (Å²) in [6, 6.07) is 1.77. The van der Waals surface area contributed by atoms with E-state index in [-0.39, 0.29) is 17.6 Å². The van der Waals surface area contributed by atoms with Crippen LogP contribution in [0.5, 0.6) is 0 Å². The Morgan fingerprint density at radius 1 is 1.28 bits per heavy atom. The first-order valence-corrected chi connectivity index (χ1v) is 9.62. The Morgan fingerprint density at radius 2 is 2.10 bits per heavy atom. The maximum Gasteiger partial charge on any atom is 0.330 e. The molecule has 3 aliphatic carbocycles. The molecule has 1 atom stereocenters. The number of hydrogen-bond donors (Lipinski definition) is 1. The Kier molecular flexibility index (Phi) is 3.10. The zero-order valence-corrected chi connectivity index (χ0v) is 16.0. The highest BCUT2D eigenvalue weighted by Gasteiger charge is 2.58. The Balaban J connectivity index is 1.44. The quantitative estimate of drug-likeness (QED) is 0.573. The number of nitrogens with zero attached hydrogens (tertiary/aromatic N) is 7. The number of pyridine rings is 1. The van der Waals surface area contributed by atoms with Crippen LogP contribution in [0.2, 0.25) is 0 Å². The first-order valence-electron chi connectivity index (χ1n) is 9.62. The molecule has 2 bridgehead atoms. The van der Waals surface area contributed by atoms with Crippen LogP contribution in [0.25, 0.3) is 16.8 Å². The van der Waals surface area contributed by atoms with Crippen LogP contribution < -0.4 is 11.0 Å². The zero-order chi connectivity index (χ0) is 19.9. The summed E-state index contributed by atoms with van der Waals surface area (Å²) in [6.45, 7) is 1.96. The van der Waals surface area contributed by atoms with E-state index in [4.69, 9.17) is 0 Å². The lowest BCUT2D eigenvalue weighted by molar-refractivity contribution is 0.0740. The summed E-state index contributed by atoms with van der Waals surface area (Å²) in [5.74, 6) is 0.575. The minimum atomic E-state index is -1.12. The fraction of sp³-hybridized carbons (Fsp3) is 0.421. The molecule has 3 saturated carbocycles. The average molecular weight is 394 g/mol. The molecule has 10 heteroatoms. The number of alkyl halides is 1. The van der Waals surface area contributed by atoms with E-state index in [1.54, 1.807) is 22.3 Å². The first kappa shape index (κ1) is 16.6. The van der Waals surface area contributed by atoms with Crippen LogP contribution >= 0.6 is 0 Å². The number of nitrogens with one attached hydrogen (secondary N) is 1. The van der Waals surface area contributed by atoms with Gasteiger partial charge >= 0.3 is 5.69 Å². The van der Waals surface area contributed by atoms with Crippen molar-refractivity contribution < 1.29 is 4.39 Å². The van der Waals surface area contributed by atoms with E-state index >= 15 is 0 Å². The van der Waals surface area contributed by atoms with Crippen LogP contribution in [0.3, 0.4) is 0 Å². The molecule has 0 aliphatic heterocycles. The minimum Gasteiger partial charge on any atom is -0.323 e. The summed E-state index contributed by atoms with van der Waals surface area (Å²) < 4.78 is 19.3. The molecule has 0 aromatic carbocycles. The Bertz CT molecular complexity index is 1350. The van der Waals surface area contributed by atoms with Gasteiger partial charge in [-0.1, -0.05) is 0 Å². The predicted octanol–water partition coefficient (Wildman–Crippen LogP) is 2.29.